The molecule has 6 rings (SSSR count). The van der Waals surface area contributed by atoms with E-state index in [1.54, 1.807) is 17.1 Å². The van der Waals surface area contributed by atoms with Crippen LogP contribution in [0.1, 0.15) is 13.8 Å². The second-order valence-corrected chi connectivity index (χ2v) is 9.08. The highest BCUT2D eigenvalue weighted by Crippen LogP contribution is 2.35. The van der Waals surface area contributed by atoms with Crippen LogP contribution in [0.15, 0.2) is 65.5 Å². The Balaban J connectivity index is 0.00000384. The SMILES string of the molecule is Cl.[2H]C([2H])([2H])N(CCn1cc(-c2cc3nc(-n4ccc(-c5cccc(C)c5)n4)cc(N4CCOCC4)c3o2)cn1)C([2H])([2H])[2H]. The standard InChI is InChI=1S/C28H31N7O2.ClH/c1-20-5-4-6-21(15-20)23-7-8-35(31-23)27-17-25(33-11-13-36-14-12-33)28-24(30-27)16-26(37-28)22-18-29-34(19-22)10-9-32(2)3;/h4-8,15-19H,9-14H2,1-3H3;1H/i2D3,3D3;. The Morgan fingerprint density at radius 1 is 1.08 bits per heavy atom. The molecule has 0 radical (unpaired) electrons. The lowest BCUT2D eigenvalue weighted by Crippen LogP contribution is -2.36. The number of furan rings is 1. The van der Waals surface area contributed by atoms with Gasteiger partial charge in [0.2, 0.25) is 0 Å². The van der Waals surface area contributed by atoms with E-state index >= 15 is 0 Å². The molecule has 1 fully saturated rings. The fourth-order valence-corrected chi connectivity index (χ4v) is 4.52. The number of fused-ring (bicyclic) bond motifs is 1. The van der Waals surface area contributed by atoms with Gasteiger partial charge in [0, 0.05) is 57.9 Å². The van der Waals surface area contributed by atoms with Crippen LogP contribution in [0.5, 0.6) is 0 Å². The predicted octanol–water partition coefficient (Wildman–Crippen LogP) is 4.67. The van der Waals surface area contributed by atoms with E-state index in [0.29, 0.717) is 59.4 Å². The van der Waals surface area contributed by atoms with Gasteiger partial charge in [-0.15, -0.1) is 12.4 Å². The Hall–Kier alpha value is -3.66. The molecule has 0 unspecified atom stereocenters. The summed E-state index contributed by atoms with van der Waals surface area (Å²) >= 11 is 0. The zero-order valence-electron chi connectivity index (χ0n) is 26.9. The first kappa shape index (κ1) is 19.4. The number of halogens is 1. The quantitative estimate of drug-likeness (QED) is 0.297. The van der Waals surface area contributed by atoms with Crippen molar-refractivity contribution in [3.05, 3.63) is 66.6 Å². The lowest BCUT2D eigenvalue weighted by molar-refractivity contribution is 0.122. The molecule has 0 N–H and O–H groups in total. The van der Waals surface area contributed by atoms with Gasteiger partial charge >= 0.3 is 0 Å². The second-order valence-electron chi connectivity index (χ2n) is 9.08. The smallest absolute Gasteiger partial charge is 0.176 e. The van der Waals surface area contributed by atoms with Crippen molar-refractivity contribution in [2.24, 2.45) is 0 Å². The van der Waals surface area contributed by atoms with Crippen molar-refractivity contribution in [2.45, 2.75) is 13.5 Å². The van der Waals surface area contributed by atoms with Crippen molar-refractivity contribution in [3.8, 4) is 28.4 Å². The second kappa shape index (κ2) is 11.0. The molecule has 0 amide bonds. The normalized spacial score (nSPS) is 16.8. The maximum absolute atomic E-state index is 7.58. The molecule has 0 aliphatic carbocycles. The molecule has 38 heavy (non-hydrogen) atoms. The van der Waals surface area contributed by atoms with Crippen molar-refractivity contribution >= 4 is 29.2 Å². The van der Waals surface area contributed by atoms with Gasteiger partial charge in [-0.05, 0) is 33.0 Å². The van der Waals surface area contributed by atoms with Crippen LogP contribution in [0, 0.1) is 6.92 Å². The van der Waals surface area contributed by atoms with E-state index in [9.17, 15) is 0 Å². The van der Waals surface area contributed by atoms with Crippen LogP contribution in [-0.2, 0) is 11.3 Å². The van der Waals surface area contributed by atoms with Crippen molar-refractivity contribution in [1.82, 2.24) is 29.4 Å². The summed E-state index contributed by atoms with van der Waals surface area (Å²) in [5, 5.41) is 9.12. The zero-order chi connectivity index (χ0) is 30.4. The van der Waals surface area contributed by atoms with Gasteiger partial charge in [-0.25, -0.2) is 9.67 Å². The lowest BCUT2D eigenvalue weighted by Gasteiger charge is -2.28. The van der Waals surface area contributed by atoms with E-state index in [-0.39, 0.29) is 25.5 Å². The maximum atomic E-state index is 7.58. The summed E-state index contributed by atoms with van der Waals surface area (Å²) in [6, 6.07) is 14.0. The lowest BCUT2D eigenvalue weighted by atomic mass is 10.1. The summed E-state index contributed by atoms with van der Waals surface area (Å²) in [6.07, 6.45) is 5.19. The average Bonchev–Trinajstić information content (AvgIpc) is 3.71. The van der Waals surface area contributed by atoms with Crippen LogP contribution in [0.4, 0.5) is 5.69 Å². The van der Waals surface area contributed by atoms with Crippen LogP contribution in [0.25, 0.3) is 39.5 Å². The van der Waals surface area contributed by atoms with Gasteiger partial charge in [0.25, 0.3) is 0 Å². The topological polar surface area (TPSA) is 77.4 Å². The minimum absolute atomic E-state index is 0. The van der Waals surface area contributed by atoms with Crippen molar-refractivity contribution < 1.29 is 17.4 Å². The first-order valence-corrected chi connectivity index (χ1v) is 12.2. The molecule has 1 saturated heterocycles. The number of aromatic nitrogens is 5. The molecule has 10 heteroatoms. The molecule has 5 aromatic rings. The molecule has 0 saturated carbocycles. The largest absolute Gasteiger partial charge is 0.452 e. The number of hydrogen-bond donors (Lipinski definition) is 0. The van der Waals surface area contributed by atoms with E-state index in [0.717, 1.165) is 22.5 Å². The van der Waals surface area contributed by atoms with Gasteiger partial charge in [0.15, 0.2) is 11.4 Å². The molecule has 1 aromatic carbocycles. The monoisotopic (exact) mass is 539 g/mol. The number of ether oxygens (including phenoxy) is 1. The summed E-state index contributed by atoms with van der Waals surface area (Å²) in [4.78, 5) is 7.60. The first-order chi connectivity index (χ1) is 20.5. The number of aryl methyl sites for hydroxylation is 1. The van der Waals surface area contributed by atoms with E-state index in [1.165, 1.54) is 4.68 Å². The number of hydrogen-bond acceptors (Lipinski definition) is 7. The predicted molar refractivity (Wildman–Crippen MR) is 151 cm³/mol. The molecule has 0 atom stereocenters. The fourth-order valence-electron chi connectivity index (χ4n) is 4.52. The molecule has 4 aromatic heterocycles. The molecule has 0 spiro atoms. The fraction of sp³-hybridized carbons (Fsp3) is 0.321. The van der Waals surface area contributed by atoms with Gasteiger partial charge in [0.1, 0.15) is 11.3 Å². The highest BCUT2D eigenvalue weighted by molar-refractivity contribution is 5.91. The molecule has 1 aliphatic heterocycles. The number of rotatable bonds is 7. The Labute approximate surface area is 236 Å². The van der Waals surface area contributed by atoms with Crippen molar-refractivity contribution in [1.29, 1.82) is 0 Å². The van der Waals surface area contributed by atoms with Gasteiger partial charge < -0.3 is 19.0 Å². The Bertz CT molecular complexity index is 1730. The van der Waals surface area contributed by atoms with Crippen molar-refractivity contribution in [3.63, 3.8) is 0 Å². The number of pyridine rings is 1. The van der Waals surface area contributed by atoms with Gasteiger partial charge in [-0.2, -0.15) is 10.2 Å². The van der Waals surface area contributed by atoms with E-state index in [1.807, 2.05) is 49.5 Å². The Morgan fingerprint density at radius 2 is 1.95 bits per heavy atom. The number of anilines is 1. The molecular formula is C28H32ClN7O2. The minimum Gasteiger partial charge on any atom is -0.452 e. The van der Waals surface area contributed by atoms with Crippen LogP contribution < -0.4 is 4.90 Å². The van der Waals surface area contributed by atoms with Crippen LogP contribution in [0.2, 0.25) is 0 Å². The maximum Gasteiger partial charge on any atom is 0.176 e. The summed E-state index contributed by atoms with van der Waals surface area (Å²) in [7, 11) is 0. The number of morpholine rings is 1. The molecule has 5 heterocycles. The summed E-state index contributed by atoms with van der Waals surface area (Å²) < 4.78 is 60.7. The van der Waals surface area contributed by atoms with E-state index < -0.39 is 14.0 Å². The third-order valence-corrected chi connectivity index (χ3v) is 6.41. The third kappa shape index (κ3) is 5.31. The molecule has 1 aliphatic rings. The van der Waals surface area contributed by atoms with Gasteiger partial charge in [-0.1, -0.05) is 23.8 Å². The molecular weight excluding hydrogens is 502 g/mol. The number of benzene rings is 1. The third-order valence-electron chi connectivity index (χ3n) is 6.41. The van der Waals surface area contributed by atoms with Crippen LogP contribution in [-0.4, -0.2) is 76.2 Å². The van der Waals surface area contributed by atoms with Gasteiger partial charge in [-0.3, -0.25) is 4.68 Å². The zero-order valence-corrected chi connectivity index (χ0v) is 21.7. The Kier molecular flexibility index (Phi) is 5.61. The Morgan fingerprint density at radius 3 is 2.76 bits per heavy atom. The average molecular weight is 540 g/mol. The van der Waals surface area contributed by atoms with Crippen molar-refractivity contribution in [2.75, 3.05) is 51.7 Å². The van der Waals surface area contributed by atoms with Crippen LogP contribution in [0.3, 0.4) is 0 Å². The highest BCUT2D eigenvalue weighted by Gasteiger charge is 2.21. The first-order valence-electron chi connectivity index (χ1n) is 15.2. The molecule has 9 nitrogen and oxygen atoms in total. The van der Waals surface area contributed by atoms with Gasteiger partial charge in [0.05, 0.1) is 42.9 Å². The molecule has 198 valence electrons. The minimum atomic E-state index is -2.76. The summed E-state index contributed by atoms with van der Waals surface area (Å²) in [6.45, 7) is -1.02. The number of likely N-dealkylation sites (N-methyl/N-ethyl adjacent to an activating group) is 1. The van der Waals surface area contributed by atoms with E-state index in [2.05, 4.69) is 16.1 Å². The number of nitrogens with zero attached hydrogens (tertiary/aromatic N) is 7. The highest BCUT2D eigenvalue weighted by atomic mass is 35.5. The summed E-state index contributed by atoms with van der Waals surface area (Å²) in [5.41, 5.74) is 5.82. The molecule has 0 bridgehead atoms. The van der Waals surface area contributed by atoms with E-state index in [4.69, 9.17) is 27.5 Å². The summed E-state index contributed by atoms with van der Waals surface area (Å²) in [5.74, 6) is 1.18. The van der Waals surface area contributed by atoms with Crippen LogP contribution >= 0.6 is 12.4 Å².